The van der Waals surface area contributed by atoms with Gasteiger partial charge in [0.05, 0.1) is 0 Å². The molecule has 1 aromatic carbocycles. The van der Waals surface area contributed by atoms with Gasteiger partial charge in [-0.25, -0.2) is 0 Å². The van der Waals surface area contributed by atoms with Gasteiger partial charge < -0.3 is 4.90 Å². The highest BCUT2D eigenvalue weighted by atomic mass is 79.9. The Hall–Kier alpha value is -0.760. The van der Waals surface area contributed by atoms with Crippen molar-refractivity contribution in [2.75, 3.05) is 18.5 Å². The molecule has 0 radical (unpaired) electrons. The lowest BCUT2D eigenvalue weighted by molar-refractivity contribution is 1.02. The minimum Gasteiger partial charge on any atom is -0.371 e. The topological polar surface area (TPSA) is 3.24 Å². The zero-order chi connectivity index (χ0) is 10.6. The molecule has 1 aromatic rings. The molecule has 0 bridgehead atoms. The standard InChI is InChI=1S/C12H16BrN/c1-10(2)7-8-14(3)12-6-4-5-11(13)9-12/h4-7,9H,8H2,1-3H3. The van der Waals surface area contributed by atoms with Crippen LogP contribution in [0.1, 0.15) is 13.8 Å². The van der Waals surface area contributed by atoms with E-state index in [-0.39, 0.29) is 0 Å². The van der Waals surface area contributed by atoms with Crippen molar-refractivity contribution in [2.45, 2.75) is 13.8 Å². The van der Waals surface area contributed by atoms with Crippen molar-refractivity contribution in [2.24, 2.45) is 0 Å². The van der Waals surface area contributed by atoms with E-state index in [0.717, 1.165) is 11.0 Å². The zero-order valence-electron chi connectivity index (χ0n) is 8.92. The van der Waals surface area contributed by atoms with Gasteiger partial charge >= 0.3 is 0 Å². The molecule has 76 valence electrons. The van der Waals surface area contributed by atoms with Crippen molar-refractivity contribution < 1.29 is 0 Å². The molecule has 0 heterocycles. The van der Waals surface area contributed by atoms with E-state index >= 15 is 0 Å². The summed E-state index contributed by atoms with van der Waals surface area (Å²) in [5, 5.41) is 0. The average molecular weight is 254 g/mol. The molecule has 0 aliphatic carbocycles. The first-order chi connectivity index (χ1) is 6.59. The SMILES string of the molecule is CC(C)=CCN(C)c1cccc(Br)c1. The second kappa shape index (κ2) is 5.20. The van der Waals surface area contributed by atoms with Gasteiger partial charge in [-0.2, -0.15) is 0 Å². The normalized spacial score (nSPS) is 9.71. The van der Waals surface area contributed by atoms with Crippen LogP contribution in [0.5, 0.6) is 0 Å². The van der Waals surface area contributed by atoms with Crippen molar-refractivity contribution in [1.82, 2.24) is 0 Å². The van der Waals surface area contributed by atoms with Crippen LogP contribution >= 0.6 is 15.9 Å². The van der Waals surface area contributed by atoms with Crippen molar-refractivity contribution in [1.29, 1.82) is 0 Å². The highest BCUT2D eigenvalue weighted by molar-refractivity contribution is 9.10. The Bertz CT molecular complexity index is 327. The highest BCUT2D eigenvalue weighted by Crippen LogP contribution is 2.18. The Morgan fingerprint density at radius 1 is 1.43 bits per heavy atom. The van der Waals surface area contributed by atoms with Crippen molar-refractivity contribution >= 4 is 21.6 Å². The van der Waals surface area contributed by atoms with Gasteiger partial charge in [-0.15, -0.1) is 0 Å². The molecule has 0 aliphatic rings. The summed E-state index contributed by atoms with van der Waals surface area (Å²) in [7, 11) is 2.10. The molecule has 1 rings (SSSR count). The minimum atomic E-state index is 0.957. The van der Waals surface area contributed by atoms with Crippen molar-refractivity contribution in [3.8, 4) is 0 Å². The van der Waals surface area contributed by atoms with Gasteiger partial charge in [0.25, 0.3) is 0 Å². The van der Waals surface area contributed by atoms with Crippen LogP contribution in [-0.2, 0) is 0 Å². The maximum absolute atomic E-state index is 3.47. The summed E-state index contributed by atoms with van der Waals surface area (Å²) in [4.78, 5) is 2.22. The van der Waals surface area contributed by atoms with Crippen LogP contribution in [0.2, 0.25) is 0 Å². The van der Waals surface area contributed by atoms with E-state index in [1.165, 1.54) is 11.3 Å². The number of anilines is 1. The molecule has 0 aromatic heterocycles. The number of allylic oxidation sites excluding steroid dienone is 1. The lowest BCUT2D eigenvalue weighted by Crippen LogP contribution is -2.16. The third-order valence-electron chi connectivity index (χ3n) is 2.02. The number of rotatable bonds is 3. The summed E-state index contributed by atoms with van der Waals surface area (Å²) in [6.45, 7) is 5.20. The monoisotopic (exact) mass is 253 g/mol. The Labute approximate surface area is 94.6 Å². The number of hydrogen-bond acceptors (Lipinski definition) is 1. The summed E-state index contributed by atoms with van der Waals surface area (Å²) >= 11 is 3.47. The van der Waals surface area contributed by atoms with Crippen LogP contribution < -0.4 is 4.90 Å². The maximum atomic E-state index is 3.47. The lowest BCUT2D eigenvalue weighted by Gasteiger charge is -2.17. The fourth-order valence-electron chi connectivity index (χ4n) is 1.14. The van der Waals surface area contributed by atoms with E-state index in [1.54, 1.807) is 0 Å². The summed E-state index contributed by atoms with van der Waals surface area (Å²) in [6.07, 6.45) is 2.22. The number of nitrogens with zero attached hydrogens (tertiary/aromatic N) is 1. The maximum Gasteiger partial charge on any atom is 0.0377 e. The van der Waals surface area contributed by atoms with Gasteiger partial charge in [-0.05, 0) is 32.0 Å². The Balaban J connectivity index is 2.69. The predicted octanol–water partition coefficient (Wildman–Crippen LogP) is 3.85. The van der Waals surface area contributed by atoms with Crippen LogP contribution in [-0.4, -0.2) is 13.6 Å². The predicted molar refractivity (Wildman–Crippen MR) is 66.8 cm³/mol. The molecule has 2 heteroatoms. The molecule has 0 amide bonds. The first kappa shape index (κ1) is 11.3. The first-order valence-corrected chi connectivity index (χ1v) is 5.49. The van der Waals surface area contributed by atoms with E-state index in [0.29, 0.717) is 0 Å². The largest absolute Gasteiger partial charge is 0.371 e. The Morgan fingerprint density at radius 2 is 2.14 bits per heavy atom. The van der Waals surface area contributed by atoms with Crippen molar-refractivity contribution in [3.05, 3.63) is 40.4 Å². The minimum absolute atomic E-state index is 0.957. The summed E-state index contributed by atoms with van der Waals surface area (Å²) < 4.78 is 1.12. The number of halogens is 1. The molecule has 0 saturated heterocycles. The van der Waals surface area contributed by atoms with Crippen LogP contribution in [0.3, 0.4) is 0 Å². The lowest BCUT2D eigenvalue weighted by atomic mass is 10.2. The molecule has 0 atom stereocenters. The second-order valence-electron chi connectivity index (χ2n) is 3.64. The number of hydrogen-bond donors (Lipinski definition) is 0. The third-order valence-corrected chi connectivity index (χ3v) is 2.52. The molecule has 0 unspecified atom stereocenters. The second-order valence-corrected chi connectivity index (χ2v) is 4.56. The summed E-state index contributed by atoms with van der Waals surface area (Å²) in [5.74, 6) is 0. The van der Waals surface area contributed by atoms with Gasteiger partial charge in [0.15, 0.2) is 0 Å². The van der Waals surface area contributed by atoms with E-state index in [9.17, 15) is 0 Å². The quantitative estimate of drug-likeness (QED) is 0.740. The molecule has 0 fully saturated rings. The van der Waals surface area contributed by atoms with Gasteiger partial charge in [-0.1, -0.05) is 33.6 Å². The summed E-state index contributed by atoms with van der Waals surface area (Å²) in [6, 6.07) is 8.33. The Kier molecular flexibility index (Phi) is 4.21. The average Bonchev–Trinajstić information content (AvgIpc) is 2.14. The van der Waals surface area contributed by atoms with E-state index in [1.807, 2.05) is 6.07 Å². The fourth-order valence-corrected chi connectivity index (χ4v) is 1.53. The van der Waals surface area contributed by atoms with E-state index < -0.39 is 0 Å². The third kappa shape index (κ3) is 3.54. The summed E-state index contributed by atoms with van der Waals surface area (Å²) in [5.41, 5.74) is 2.59. The molecular weight excluding hydrogens is 238 g/mol. The smallest absolute Gasteiger partial charge is 0.0377 e. The van der Waals surface area contributed by atoms with Gasteiger partial charge in [-0.3, -0.25) is 0 Å². The fraction of sp³-hybridized carbons (Fsp3) is 0.333. The molecule has 0 N–H and O–H groups in total. The highest BCUT2D eigenvalue weighted by Gasteiger charge is 1.98. The molecule has 14 heavy (non-hydrogen) atoms. The Morgan fingerprint density at radius 3 is 2.71 bits per heavy atom. The van der Waals surface area contributed by atoms with Crippen LogP contribution in [0.15, 0.2) is 40.4 Å². The van der Waals surface area contributed by atoms with Gasteiger partial charge in [0.2, 0.25) is 0 Å². The van der Waals surface area contributed by atoms with E-state index in [2.05, 4.69) is 66.0 Å². The van der Waals surface area contributed by atoms with Crippen LogP contribution in [0.25, 0.3) is 0 Å². The molecule has 0 saturated carbocycles. The molecule has 1 nitrogen and oxygen atoms in total. The number of likely N-dealkylation sites (N-methyl/N-ethyl adjacent to an activating group) is 1. The van der Waals surface area contributed by atoms with Crippen LogP contribution in [0, 0.1) is 0 Å². The van der Waals surface area contributed by atoms with Crippen molar-refractivity contribution in [3.63, 3.8) is 0 Å². The van der Waals surface area contributed by atoms with E-state index in [4.69, 9.17) is 0 Å². The first-order valence-electron chi connectivity index (χ1n) is 4.69. The molecular formula is C12H16BrN. The van der Waals surface area contributed by atoms with Gasteiger partial charge in [0.1, 0.15) is 0 Å². The molecule has 0 aliphatic heterocycles. The van der Waals surface area contributed by atoms with Gasteiger partial charge in [0, 0.05) is 23.8 Å². The zero-order valence-corrected chi connectivity index (χ0v) is 10.5. The molecule has 0 spiro atoms. The number of benzene rings is 1. The van der Waals surface area contributed by atoms with Crippen LogP contribution in [0.4, 0.5) is 5.69 Å².